The molecule has 0 fully saturated rings. The molecule has 0 atom stereocenters. The minimum atomic E-state index is -6.23. The number of alkyl halides is 8. The Morgan fingerprint density at radius 2 is 1.61 bits per heavy atom. The lowest BCUT2D eigenvalue weighted by molar-refractivity contribution is -0.292. The molecule has 0 N–H and O–H groups in total. The summed E-state index contributed by atoms with van der Waals surface area (Å²) in [5, 5.41) is 2.76. The van der Waals surface area contributed by atoms with Crippen LogP contribution in [-0.4, -0.2) is 25.5 Å². The molecule has 2 rings (SSSR count). The van der Waals surface area contributed by atoms with Crippen molar-refractivity contribution in [3.05, 3.63) is 28.4 Å². The molecule has 0 saturated carbocycles. The predicted octanol–water partition coefficient (Wildman–Crippen LogP) is 4.04. The lowest BCUT2D eigenvalue weighted by atomic mass is 10.1. The van der Waals surface area contributed by atoms with Crippen LogP contribution in [-0.2, 0) is 19.1 Å². The highest BCUT2D eigenvalue weighted by Gasteiger charge is 2.64. The molecule has 0 aliphatic carbocycles. The average Bonchev–Trinajstić information content (AvgIpc) is 2.90. The monoisotopic (exact) mass is 412 g/mol. The van der Waals surface area contributed by atoms with Crippen molar-refractivity contribution in [3.8, 4) is 5.82 Å². The Bertz CT molecular complexity index is 726. The van der Waals surface area contributed by atoms with Crippen molar-refractivity contribution in [3.63, 3.8) is 0 Å². The predicted molar refractivity (Wildman–Crippen MR) is 63.0 cm³/mol. The largest absolute Gasteiger partial charge is 0.459 e. The molecule has 128 valence electrons. The second kappa shape index (κ2) is 5.18. The van der Waals surface area contributed by atoms with Crippen LogP contribution < -0.4 is 0 Å². The molecule has 0 bridgehead atoms. The minimum Gasteiger partial charge on any atom is -0.289 e. The van der Waals surface area contributed by atoms with E-state index in [4.69, 9.17) is 0 Å². The van der Waals surface area contributed by atoms with Gasteiger partial charge in [0.1, 0.15) is 22.3 Å². The topological polar surface area (TPSA) is 35.6 Å². The van der Waals surface area contributed by atoms with Crippen LogP contribution in [0.4, 0.5) is 35.1 Å². The highest BCUT2D eigenvalue weighted by Crippen LogP contribution is 2.49. The number of hydrogen-bond donors (Lipinski definition) is 0. The van der Waals surface area contributed by atoms with Gasteiger partial charge < -0.3 is 0 Å². The molecule has 0 saturated heterocycles. The number of hydrogen-bond acceptors (Lipinski definition) is 2. The second-order valence-electron chi connectivity index (χ2n) is 4.34. The minimum absolute atomic E-state index is 0.0518. The van der Waals surface area contributed by atoms with Crippen LogP contribution in [0.2, 0.25) is 0 Å². The van der Waals surface area contributed by atoms with Gasteiger partial charge in [0.25, 0.3) is 0 Å². The molecule has 0 radical (unpaired) electrons. The second-order valence-corrected chi connectivity index (χ2v) is 5.16. The first-order valence-electron chi connectivity index (χ1n) is 5.56. The van der Waals surface area contributed by atoms with Crippen molar-refractivity contribution in [2.75, 3.05) is 0 Å². The summed E-state index contributed by atoms with van der Waals surface area (Å²) in [5.41, 5.74) is -4.60. The van der Waals surface area contributed by atoms with Gasteiger partial charge in [-0.25, -0.2) is 4.98 Å². The SMILES string of the molecule is Cn1nc(C(F)(F)C(F)(F)F)c(C(F)(F)F)c1-n1cnc(Br)c1. The van der Waals surface area contributed by atoms with Crippen LogP contribution in [0.15, 0.2) is 17.1 Å². The molecule has 0 aliphatic heterocycles. The van der Waals surface area contributed by atoms with E-state index in [-0.39, 0.29) is 9.28 Å². The average molecular weight is 413 g/mol. The Morgan fingerprint density at radius 1 is 1.04 bits per heavy atom. The summed E-state index contributed by atoms with van der Waals surface area (Å²) < 4.78 is 105. The Morgan fingerprint density at radius 3 is 2.00 bits per heavy atom. The fourth-order valence-corrected chi connectivity index (χ4v) is 2.15. The van der Waals surface area contributed by atoms with Crippen LogP contribution in [0.25, 0.3) is 5.82 Å². The first-order valence-corrected chi connectivity index (χ1v) is 6.35. The van der Waals surface area contributed by atoms with E-state index in [1.165, 1.54) is 0 Å². The number of nitrogens with zero attached hydrogens (tertiary/aromatic N) is 4. The van der Waals surface area contributed by atoms with Crippen LogP contribution in [0, 0.1) is 0 Å². The quantitative estimate of drug-likeness (QED) is 0.697. The van der Waals surface area contributed by atoms with E-state index >= 15 is 0 Å². The van der Waals surface area contributed by atoms with Crippen LogP contribution in [0.5, 0.6) is 0 Å². The summed E-state index contributed by atoms with van der Waals surface area (Å²) in [6.45, 7) is 0. The van der Waals surface area contributed by atoms with E-state index in [2.05, 4.69) is 26.0 Å². The number of halogens is 9. The van der Waals surface area contributed by atoms with Gasteiger partial charge in [0.15, 0.2) is 5.69 Å². The summed E-state index contributed by atoms with van der Waals surface area (Å²) in [6, 6.07) is 0. The number of imidazole rings is 1. The smallest absolute Gasteiger partial charge is 0.289 e. The molecule has 13 heteroatoms. The standard InChI is InChI=1S/C10H5BrF8N4/c1-22-7(23-2-4(11)20-3-23)5(9(14,15)16)6(21-22)8(12,13)10(17,18)19/h2-3H,1H3. The Labute approximate surface area is 130 Å². The van der Waals surface area contributed by atoms with E-state index in [1.54, 1.807) is 0 Å². The van der Waals surface area contributed by atoms with Crippen LogP contribution in [0.1, 0.15) is 11.3 Å². The van der Waals surface area contributed by atoms with E-state index < -0.39 is 35.4 Å². The van der Waals surface area contributed by atoms with Gasteiger partial charge in [-0.2, -0.15) is 40.2 Å². The fraction of sp³-hybridized carbons (Fsp3) is 0.400. The molecule has 2 heterocycles. The zero-order valence-corrected chi connectivity index (χ0v) is 12.4. The molecular formula is C10H5BrF8N4. The molecular weight excluding hydrogens is 408 g/mol. The van der Waals surface area contributed by atoms with Crippen molar-refractivity contribution < 1.29 is 35.1 Å². The molecule has 0 aromatic carbocycles. The van der Waals surface area contributed by atoms with Gasteiger partial charge in [0.2, 0.25) is 0 Å². The molecule has 2 aromatic rings. The van der Waals surface area contributed by atoms with Gasteiger partial charge in [-0.1, -0.05) is 0 Å². The molecule has 0 unspecified atom stereocenters. The fourth-order valence-electron chi connectivity index (χ4n) is 1.84. The summed E-state index contributed by atoms with van der Waals surface area (Å²) in [6.07, 6.45) is -9.95. The Balaban J connectivity index is 2.82. The van der Waals surface area contributed by atoms with Crippen LogP contribution >= 0.6 is 15.9 Å². The number of aromatic nitrogens is 4. The molecule has 0 spiro atoms. The lowest BCUT2D eigenvalue weighted by Gasteiger charge is -2.19. The van der Waals surface area contributed by atoms with Crippen molar-refractivity contribution in [1.82, 2.24) is 19.3 Å². The molecule has 0 amide bonds. The summed E-state index contributed by atoms with van der Waals surface area (Å²) in [5.74, 6) is -6.79. The van der Waals surface area contributed by atoms with Crippen LogP contribution in [0.3, 0.4) is 0 Å². The van der Waals surface area contributed by atoms with E-state index in [0.29, 0.717) is 4.57 Å². The summed E-state index contributed by atoms with van der Waals surface area (Å²) >= 11 is 2.84. The van der Waals surface area contributed by atoms with E-state index in [1.807, 2.05) is 0 Å². The Hall–Kier alpha value is -1.66. The zero-order valence-electron chi connectivity index (χ0n) is 10.8. The molecule has 2 aromatic heterocycles. The van der Waals surface area contributed by atoms with Crippen molar-refractivity contribution >= 4 is 15.9 Å². The van der Waals surface area contributed by atoms with Gasteiger partial charge in [0.05, 0.1) is 0 Å². The first-order chi connectivity index (χ1) is 10.3. The van der Waals surface area contributed by atoms with Gasteiger partial charge in [0, 0.05) is 13.2 Å². The van der Waals surface area contributed by atoms with Gasteiger partial charge in [-0.15, -0.1) is 0 Å². The maximum absolute atomic E-state index is 13.4. The Kier molecular flexibility index (Phi) is 3.98. The molecule has 0 aliphatic rings. The number of aryl methyl sites for hydroxylation is 1. The third-order valence-corrected chi connectivity index (χ3v) is 3.16. The summed E-state index contributed by atoms with van der Waals surface area (Å²) in [7, 11) is 0.814. The summed E-state index contributed by atoms with van der Waals surface area (Å²) in [4.78, 5) is 3.54. The van der Waals surface area contributed by atoms with Crippen molar-refractivity contribution in [2.24, 2.45) is 7.05 Å². The highest BCUT2D eigenvalue weighted by molar-refractivity contribution is 9.10. The molecule has 23 heavy (non-hydrogen) atoms. The van der Waals surface area contributed by atoms with Gasteiger partial charge in [-0.05, 0) is 15.9 Å². The van der Waals surface area contributed by atoms with Crippen molar-refractivity contribution in [2.45, 2.75) is 18.3 Å². The first kappa shape index (κ1) is 17.7. The zero-order chi connectivity index (χ0) is 17.8. The lowest BCUT2D eigenvalue weighted by Crippen LogP contribution is -2.36. The van der Waals surface area contributed by atoms with Gasteiger partial charge in [-0.3, -0.25) is 9.25 Å². The maximum atomic E-state index is 13.4. The van der Waals surface area contributed by atoms with Gasteiger partial charge >= 0.3 is 18.3 Å². The van der Waals surface area contributed by atoms with E-state index in [9.17, 15) is 35.1 Å². The normalized spacial score (nSPS) is 13.7. The third kappa shape index (κ3) is 2.93. The highest BCUT2D eigenvalue weighted by atomic mass is 79.9. The third-order valence-electron chi connectivity index (χ3n) is 2.75. The van der Waals surface area contributed by atoms with E-state index in [0.717, 1.165) is 19.6 Å². The number of rotatable bonds is 2. The maximum Gasteiger partial charge on any atom is 0.459 e. The molecule has 4 nitrogen and oxygen atoms in total. The van der Waals surface area contributed by atoms with Crippen molar-refractivity contribution in [1.29, 1.82) is 0 Å².